The average molecular weight is 533 g/mol. The molecule has 186 valence electrons. The van der Waals surface area contributed by atoms with Crippen molar-refractivity contribution in [3.63, 3.8) is 0 Å². The lowest BCUT2D eigenvalue weighted by atomic mass is 9.95. The summed E-state index contributed by atoms with van der Waals surface area (Å²) in [5.41, 5.74) is 4.05. The van der Waals surface area contributed by atoms with Crippen molar-refractivity contribution in [1.29, 1.82) is 0 Å². The van der Waals surface area contributed by atoms with E-state index >= 15 is 0 Å². The fraction of sp³-hybridized carbons (Fsp3) is 0.321. The van der Waals surface area contributed by atoms with Crippen molar-refractivity contribution >= 4 is 40.7 Å². The second kappa shape index (κ2) is 12.6. The van der Waals surface area contributed by atoms with Gasteiger partial charge in [-0.25, -0.2) is 0 Å². The average Bonchev–Trinajstić information content (AvgIpc) is 3.17. The van der Waals surface area contributed by atoms with E-state index in [2.05, 4.69) is 31.1 Å². The van der Waals surface area contributed by atoms with Gasteiger partial charge in [-0.3, -0.25) is 4.79 Å². The molecule has 0 fully saturated rings. The van der Waals surface area contributed by atoms with Gasteiger partial charge in [0.2, 0.25) is 0 Å². The van der Waals surface area contributed by atoms with E-state index in [0.29, 0.717) is 45.7 Å². The van der Waals surface area contributed by atoms with Crippen LogP contribution in [-0.4, -0.2) is 29.6 Å². The Hall–Kier alpha value is -2.24. The van der Waals surface area contributed by atoms with Crippen LogP contribution in [-0.2, 0) is 0 Å². The molecule has 4 nitrogen and oxygen atoms in total. The fourth-order valence-electron chi connectivity index (χ4n) is 4.35. The van der Waals surface area contributed by atoms with E-state index in [9.17, 15) is 4.79 Å². The number of rotatable bonds is 11. The summed E-state index contributed by atoms with van der Waals surface area (Å²) in [6.45, 7) is 11.4. The normalized spacial score (nSPS) is 12.9. The molecule has 3 rings (SSSR count). The Morgan fingerprint density at radius 3 is 2.31 bits per heavy atom. The Kier molecular flexibility index (Phi) is 9.88. The predicted molar refractivity (Wildman–Crippen MR) is 149 cm³/mol. The fourth-order valence-corrected chi connectivity index (χ4v) is 4.99. The van der Waals surface area contributed by atoms with Gasteiger partial charge in [0.05, 0.1) is 11.3 Å². The first-order valence-corrected chi connectivity index (χ1v) is 12.9. The highest BCUT2D eigenvalue weighted by molar-refractivity contribution is 6.35. The quantitative estimate of drug-likeness (QED) is 0.196. The van der Waals surface area contributed by atoms with E-state index in [1.165, 1.54) is 0 Å². The summed E-state index contributed by atoms with van der Waals surface area (Å²) in [5, 5.41) is 8.26. The monoisotopic (exact) mass is 531 g/mol. The van der Waals surface area contributed by atoms with Crippen molar-refractivity contribution in [2.75, 3.05) is 13.1 Å². The highest BCUT2D eigenvalue weighted by atomic mass is 35.5. The number of nitrogens with one attached hydrogen (secondary N) is 2. The van der Waals surface area contributed by atoms with Gasteiger partial charge in [0.1, 0.15) is 0 Å². The summed E-state index contributed by atoms with van der Waals surface area (Å²) in [5.74, 6) is 0.406. The molecule has 0 radical (unpaired) electrons. The number of carbonyl (C=O) groups is 1. The first kappa shape index (κ1) is 27.3. The van der Waals surface area contributed by atoms with Crippen LogP contribution in [0.2, 0.25) is 15.1 Å². The Morgan fingerprint density at radius 2 is 1.71 bits per heavy atom. The number of halogens is 3. The maximum atomic E-state index is 13.2. The summed E-state index contributed by atoms with van der Waals surface area (Å²) in [7, 11) is 0. The van der Waals surface area contributed by atoms with Crippen molar-refractivity contribution < 1.29 is 4.79 Å². The molecular weight excluding hydrogens is 501 g/mol. The van der Waals surface area contributed by atoms with Crippen LogP contribution in [0.1, 0.15) is 42.6 Å². The third kappa shape index (κ3) is 6.92. The summed E-state index contributed by atoms with van der Waals surface area (Å²) in [6, 6.07) is 13.2. The number of carbonyl (C=O) groups excluding carboxylic acids is 1. The summed E-state index contributed by atoms with van der Waals surface area (Å²) < 4.78 is 1.95. The Balaban J connectivity index is 1.84. The lowest BCUT2D eigenvalue weighted by Gasteiger charge is -2.22. The van der Waals surface area contributed by atoms with Gasteiger partial charge in [-0.15, -0.1) is 6.58 Å². The van der Waals surface area contributed by atoms with E-state index in [0.717, 1.165) is 35.3 Å². The third-order valence-electron chi connectivity index (χ3n) is 6.32. The minimum atomic E-state index is -0.128. The molecule has 0 spiro atoms. The maximum absolute atomic E-state index is 13.2. The smallest absolute Gasteiger partial charge is 0.253 e. The van der Waals surface area contributed by atoms with Crippen LogP contribution in [0.4, 0.5) is 0 Å². The van der Waals surface area contributed by atoms with Gasteiger partial charge >= 0.3 is 0 Å². The Bertz CT molecular complexity index is 1150. The van der Waals surface area contributed by atoms with Crippen LogP contribution in [0, 0.1) is 12.8 Å². The first-order valence-electron chi connectivity index (χ1n) is 11.8. The zero-order chi connectivity index (χ0) is 25.5. The number of amides is 1. The van der Waals surface area contributed by atoms with E-state index in [-0.39, 0.29) is 5.91 Å². The molecule has 3 aromatic rings. The van der Waals surface area contributed by atoms with Crippen molar-refractivity contribution in [3.8, 4) is 16.9 Å². The van der Waals surface area contributed by atoms with Crippen molar-refractivity contribution in [3.05, 3.63) is 87.5 Å². The highest BCUT2D eigenvalue weighted by Crippen LogP contribution is 2.33. The van der Waals surface area contributed by atoms with E-state index < -0.39 is 0 Å². The van der Waals surface area contributed by atoms with E-state index in [1.54, 1.807) is 6.07 Å². The second-order valence-electron chi connectivity index (χ2n) is 8.71. The summed E-state index contributed by atoms with van der Waals surface area (Å²) >= 11 is 18.7. The molecule has 35 heavy (non-hydrogen) atoms. The van der Waals surface area contributed by atoms with E-state index in [1.807, 2.05) is 60.2 Å². The second-order valence-corrected chi connectivity index (χ2v) is 10.0. The van der Waals surface area contributed by atoms with Gasteiger partial charge < -0.3 is 15.2 Å². The summed E-state index contributed by atoms with van der Waals surface area (Å²) in [6.07, 6.45) is 5.86. The van der Waals surface area contributed by atoms with Crippen LogP contribution in [0.15, 0.2) is 61.3 Å². The molecule has 1 amide bonds. The number of hydrogen-bond acceptors (Lipinski definition) is 2. The molecule has 7 heteroatoms. The number of allylic oxidation sites excluding steroid dienone is 1. The van der Waals surface area contributed by atoms with Gasteiger partial charge in [0.25, 0.3) is 5.91 Å². The lowest BCUT2D eigenvalue weighted by Crippen LogP contribution is -2.39. The molecule has 0 aliphatic heterocycles. The van der Waals surface area contributed by atoms with Crippen molar-refractivity contribution in [2.24, 2.45) is 5.92 Å². The minimum Gasteiger partial charge on any atom is -0.351 e. The molecule has 1 heterocycles. The standard InChI is InChI=1S/C28H32Cl3N3O/c1-5-7-20(6-2)19(4)32-12-13-33-28(35)26-17-34(25-15-23(30)14-24(31)16-25)27(18(26)3)21-8-10-22(29)11-9-21/h5,8-11,14-17,19-20,32H,1,6-7,12-13H2,2-4H3,(H,33,35). The molecular formula is C28H32Cl3N3O. The molecule has 0 bridgehead atoms. The molecule has 0 aliphatic carbocycles. The predicted octanol–water partition coefficient (Wildman–Crippen LogP) is 7.72. The molecule has 0 saturated carbocycles. The highest BCUT2D eigenvalue weighted by Gasteiger charge is 2.21. The number of hydrogen-bond donors (Lipinski definition) is 2. The third-order valence-corrected chi connectivity index (χ3v) is 7.01. The number of benzene rings is 2. The number of nitrogens with zero attached hydrogens (tertiary/aromatic N) is 1. The zero-order valence-electron chi connectivity index (χ0n) is 20.4. The topological polar surface area (TPSA) is 46.1 Å². The van der Waals surface area contributed by atoms with Crippen LogP contribution >= 0.6 is 34.8 Å². The van der Waals surface area contributed by atoms with Crippen LogP contribution in [0.5, 0.6) is 0 Å². The van der Waals surface area contributed by atoms with Crippen molar-refractivity contribution in [2.45, 2.75) is 39.7 Å². The molecule has 2 N–H and O–H groups in total. The molecule has 1 aromatic heterocycles. The van der Waals surface area contributed by atoms with Crippen LogP contribution in [0.25, 0.3) is 16.9 Å². The molecule has 2 atom stereocenters. The van der Waals surface area contributed by atoms with Crippen LogP contribution in [0.3, 0.4) is 0 Å². The maximum Gasteiger partial charge on any atom is 0.253 e. The van der Waals surface area contributed by atoms with Gasteiger partial charge in [-0.2, -0.15) is 0 Å². The van der Waals surface area contributed by atoms with Gasteiger partial charge in [0.15, 0.2) is 0 Å². The largest absolute Gasteiger partial charge is 0.351 e. The first-order chi connectivity index (χ1) is 16.7. The zero-order valence-corrected chi connectivity index (χ0v) is 22.6. The van der Waals surface area contributed by atoms with Gasteiger partial charge in [0, 0.05) is 46.1 Å². The van der Waals surface area contributed by atoms with Gasteiger partial charge in [-0.1, -0.05) is 66.4 Å². The Morgan fingerprint density at radius 1 is 1.06 bits per heavy atom. The van der Waals surface area contributed by atoms with Crippen molar-refractivity contribution in [1.82, 2.24) is 15.2 Å². The Labute approximate surface area is 223 Å². The summed E-state index contributed by atoms with van der Waals surface area (Å²) in [4.78, 5) is 13.2. The molecule has 0 saturated heterocycles. The molecule has 2 unspecified atom stereocenters. The lowest BCUT2D eigenvalue weighted by molar-refractivity contribution is 0.0953. The minimum absolute atomic E-state index is 0.128. The molecule has 2 aromatic carbocycles. The SMILES string of the molecule is C=CCC(CC)C(C)NCCNC(=O)c1cn(-c2cc(Cl)cc(Cl)c2)c(-c2ccc(Cl)cc2)c1C. The van der Waals surface area contributed by atoms with Crippen LogP contribution < -0.4 is 10.6 Å². The van der Waals surface area contributed by atoms with Gasteiger partial charge in [-0.05, 0) is 67.6 Å². The van der Waals surface area contributed by atoms with E-state index in [4.69, 9.17) is 34.8 Å². The number of aromatic nitrogens is 1. The molecule has 0 aliphatic rings.